The Hall–Kier alpha value is -2.67. The maximum Gasteiger partial charge on any atom is 0.251 e. The molecule has 5 nitrogen and oxygen atoms in total. The average Bonchev–Trinajstić information content (AvgIpc) is 3.03. The zero-order valence-corrected chi connectivity index (χ0v) is 16.3. The van der Waals surface area contributed by atoms with Crippen LogP contribution in [0.2, 0.25) is 0 Å². The lowest BCUT2D eigenvalue weighted by Crippen LogP contribution is -2.28. The fourth-order valence-electron chi connectivity index (χ4n) is 2.78. The molecule has 0 saturated heterocycles. The highest BCUT2D eigenvalue weighted by Gasteiger charge is 2.18. The van der Waals surface area contributed by atoms with Gasteiger partial charge in [0.25, 0.3) is 5.91 Å². The first-order valence-corrected chi connectivity index (χ1v) is 9.67. The largest absolute Gasteiger partial charge is 0.342 e. The van der Waals surface area contributed by atoms with Crippen LogP contribution in [0, 0.1) is 5.82 Å². The number of carbonyl (C=O) groups is 1. The molecule has 1 N–H and O–H groups in total. The number of halogens is 1. The quantitative estimate of drug-likeness (QED) is 0.647. The van der Waals surface area contributed by atoms with Crippen LogP contribution in [0.4, 0.5) is 4.39 Å². The second-order valence-corrected chi connectivity index (χ2v) is 7.35. The Labute approximate surface area is 162 Å². The molecule has 140 valence electrons. The molecule has 3 aromatic rings. The van der Waals surface area contributed by atoms with Crippen molar-refractivity contribution in [1.29, 1.82) is 0 Å². The van der Waals surface area contributed by atoms with Crippen molar-refractivity contribution >= 4 is 17.7 Å². The first kappa shape index (κ1) is 19.1. The van der Waals surface area contributed by atoms with Gasteiger partial charge in [-0.2, -0.15) is 0 Å². The second-order valence-electron chi connectivity index (χ2n) is 6.12. The minimum absolute atomic E-state index is 0.194. The highest BCUT2D eigenvalue weighted by atomic mass is 32.2. The summed E-state index contributed by atoms with van der Waals surface area (Å²) in [5, 5.41) is 12.1. The van der Waals surface area contributed by atoms with Gasteiger partial charge >= 0.3 is 0 Å². The number of rotatable bonds is 6. The van der Waals surface area contributed by atoms with E-state index in [2.05, 4.69) is 22.4 Å². The number of hydrogen-bond acceptors (Lipinski definition) is 4. The van der Waals surface area contributed by atoms with E-state index in [0.29, 0.717) is 11.4 Å². The molecule has 27 heavy (non-hydrogen) atoms. The molecule has 1 heterocycles. The Bertz CT molecular complexity index is 939. The summed E-state index contributed by atoms with van der Waals surface area (Å²) in [6, 6.07) is 13.2. The number of nitrogens with zero attached hydrogens (tertiary/aromatic N) is 3. The van der Waals surface area contributed by atoms with Gasteiger partial charge in [-0.25, -0.2) is 4.39 Å². The molecule has 1 atom stereocenters. The van der Waals surface area contributed by atoms with Crippen LogP contribution < -0.4 is 5.32 Å². The number of carbonyl (C=O) groups excluding carboxylic acids is 1. The third kappa shape index (κ3) is 4.36. The zero-order chi connectivity index (χ0) is 19.4. The van der Waals surface area contributed by atoms with Crippen LogP contribution in [0.15, 0.2) is 53.7 Å². The van der Waals surface area contributed by atoms with Gasteiger partial charge < -0.3 is 9.88 Å². The SMILES string of the molecule is CCSc1nnc(C(C)NC(=O)c2ccc(-c3cccc(F)c3)cc2)n1C. The van der Waals surface area contributed by atoms with Crippen molar-refractivity contribution in [1.82, 2.24) is 20.1 Å². The topological polar surface area (TPSA) is 59.8 Å². The first-order chi connectivity index (χ1) is 13.0. The van der Waals surface area contributed by atoms with Crippen LogP contribution in [0.5, 0.6) is 0 Å². The minimum Gasteiger partial charge on any atom is -0.342 e. The molecule has 0 fully saturated rings. The van der Waals surface area contributed by atoms with Gasteiger partial charge in [-0.3, -0.25) is 4.79 Å². The minimum atomic E-state index is -0.285. The van der Waals surface area contributed by atoms with E-state index < -0.39 is 0 Å². The maximum absolute atomic E-state index is 13.4. The van der Waals surface area contributed by atoms with Gasteiger partial charge in [0.2, 0.25) is 0 Å². The normalized spacial score (nSPS) is 12.0. The summed E-state index contributed by atoms with van der Waals surface area (Å²) < 4.78 is 15.3. The summed E-state index contributed by atoms with van der Waals surface area (Å²) in [6.07, 6.45) is 0. The molecule has 7 heteroatoms. The highest BCUT2D eigenvalue weighted by molar-refractivity contribution is 7.99. The van der Waals surface area contributed by atoms with Gasteiger partial charge in [0.1, 0.15) is 5.82 Å². The molecule has 0 spiro atoms. The third-order valence-corrected chi connectivity index (χ3v) is 5.08. The number of nitrogens with one attached hydrogen (secondary N) is 1. The van der Waals surface area contributed by atoms with Crippen molar-refractivity contribution in [2.45, 2.75) is 25.0 Å². The molecule has 0 aliphatic carbocycles. The molecule has 0 aliphatic heterocycles. The molecule has 0 radical (unpaired) electrons. The monoisotopic (exact) mass is 384 g/mol. The lowest BCUT2D eigenvalue weighted by molar-refractivity contribution is 0.0937. The standard InChI is InChI=1S/C20H21FN4OS/c1-4-27-20-24-23-18(25(20)3)13(2)22-19(26)15-10-8-14(9-11-15)16-6-5-7-17(21)12-16/h5-13H,4H2,1-3H3,(H,22,26). The smallest absolute Gasteiger partial charge is 0.251 e. The Balaban J connectivity index is 1.71. The van der Waals surface area contributed by atoms with Gasteiger partial charge in [-0.1, -0.05) is 43.0 Å². The van der Waals surface area contributed by atoms with Gasteiger partial charge in [-0.15, -0.1) is 10.2 Å². The van der Waals surface area contributed by atoms with Crippen molar-refractivity contribution in [3.05, 3.63) is 65.7 Å². The lowest BCUT2D eigenvalue weighted by Gasteiger charge is -2.14. The summed E-state index contributed by atoms with van der Waals surface area (Å²) in [5.74, 6) is 1.13. The van der Waals surface area contributed by atoms with E-state index >= 15 is 0 Å². The number of thioether (sulfide) groups is 1. The van der Waals surface area contributed by atoms with Crippen LogP contribution >= 0.6 is 11.8 Å². The summed E-state index contributed by atoms with van der Waals surface area (Å²) in [4.78, 5) is 12.5. The average molecular weight is 384 g/mol. The molecule has 0 aliphatic rings. The molecule has 3 rings (SSSR count). The molecule has 1 unspecified atom stereocenters. The summed E-state index contributed by atoms with van der Waals surface area (Å²) in [5.41, 5.74) is 2.16. The van der Waals surface area contributed by atoms with E-state index in [1.807, 2.05) is 36.7 Å². The van der Waals surface area contributed by atoms with E-state index in [-0.39, 0.29) is 17.8 Å². The highest BCUT2D eigenvalue weighted by Crippen LogP contribution is 2.22. The van der Waals surface area contributed by atoms with Gasteiger partial charge in [0.05, 0.1) is 6.04 Å². The van der Waals surface area contributed by atoms with E-state index in [1.54, 1.807) is 30.0 Å². The van der Waals surface area contributed by atoms with Gasteiger partial charge in [-0.05, 0) is 48.1 Å². The molecule has 0 saturated carbocycles. The van der Waals surface area contributed by atoms with Crippen molar-refractivity contribution < 1.29 is 9.18 Å². The van der Waals surface area contributed by atoms with E-state index in [0.717, 1.165) is 22.0 Å². The van der Waals surface area contributed by atoms with Crippen LogP contribution in [0.1, 0.15) is 36.1 Å². The van der Waals surface area contributed by atoms with Crippen LogP contribution in [-0.2, 0) is 7.05 Å². The van der Waals surface area contributed by atoms with Crippen LogP contribution in [0.25, 0.3) is 11.1 Å². The van der Waals surface area contributed by atoms with Crippen molar-refractivity contribution in [3.8, 4) is 11.1 Å². The Kier molecular flexibility index (Phi) is 5.91. The van der Waals surface area contributed by atoms with E-state index in [9.17, 15) is 9.18 Å². The number of aromatic nitrogens is 3. The van der Waals surface area contributed by atoms with Crippen molar-refractivity contribution in [2.24, 2.45) is 7.05 Å². The van der Waals surface area contributed by atoms with Crippen molar-refractivity contribution in [2.75, 3.05) is 5.75 Å². The molecular weight excluding hydrogens is 363 g/mol. The Morgan fingerprint density at radius 2 is 1.93 bits per heavy atom. The predicted octanol–water partition coefficient (Wildman–Crippen LogP) is 4.22. The van der Waals surface area contributed by atoms with Crippen molar-refractivity contribution in [3.63, 3.8) is 0 Å². The summed E-state index contributed by atoms with van der Waals surface area (Å²) in [7, 11) is 1.89. The number of hydrogen-bond donors (Lipinski definition) is 1. The van der Waals surface area contributed by atoms with Crippen LogP contribution in [0.3, 0.4) is 0 Å². The van der Waals surface area contributed by atoms with E-state index in [4.69, 9.17) is 0 Å². The zero-order valence-electron chi connectivity index (χ0n) is 15.4. The molecule has 0 bridgehead atoms. The summed E-state index contributed by atoms with van der Waals surface area (Å²) >= 11 is 1.61. The van der Waals surface area contributed by atoms with Crippen LogP contribution in [-0.4, -0.2) is 26.4 Å². The number of benzene rings is 2. The maximum atomic E-state index is 13.4. The molecular formula is C20H21FN4OS. The van der Waals surface area contributed by atoms with E-state index in [1.165, 1.54) is 12.1 Å². The Morgan fingerprint density at radius 1 is 1.19 bits per heavy atom. The Morgan fingerprint density at radius 3 is 2.59 bits per heavy atom. The van der Waals surface area contributed by atoms with Gasteiger partial charge in [0.15, 0.2) is 11.0 Å². The predicted molar refractivity (Wildman–Crippen MR) is 105 cm³/mol. The third-order valence-electron chi connectivity index (χ3n) is 4.18. The summed E-state index contributed by atoms with van der Waals surface area (Å²) in [6.45, 7) is 3.93. The van der Waals surface area contributed by atoms with Gasteiger partial charge in [0, 0.05) is 12.6 Å². The molecule has 2 aromatic carbocycles. The first-order valence-electron chi connectivity index (χ1n) is 8.68. The fraction of sp³-hybridized carbons (Fsp3) is 0.250. The second kappa shape index (κ2) is 8.35. The number of amides is 1. The molecule has 1 aromatic heterocycles. The molecule has 1 amide bonds. The fourth-order valence-corrected chi connectivity index (χ4v) is 3.43. The lowest BCUT2D eigenvalue weighted by atomic mass is 10.0.